The Kier molecular flexibility index (Phi) is 2.38. The first-order chi connectivity index (χ1) is 7.06. The molecule has 1 saturated carbocycles. The molecule has 0 spiro atoms. The number of carbonyl (C=O) groups excluding carboxylic acids is 1. The highest BCUT2D eigenvalue weighted by Crippen LogP contribution is 2.44. The van der Waals surface area contributed by atoms with Crippen LogP contribution in [-0.2, 0) is 15.0 Å². The molecular weight excluding hydrogens is 260 g/mol. The zero-order valence-corrected chi connectivity index (χ0v) is 9.45. The number of ketones is 1. The summed E-state index contributed by atoms with van der Waals surface area (Å²) in [6, 6.07) is 7.16. The Labute approximate surface area is 95.2 Å². The highest BCUT2D eigenvalue weighted by Gasteiger charge is 2.52. The van der Waals surface area contributed by atoms with Crippen LogP contribution in [0, 0.1) is 0 Å². The quantitative estimate of drug-likeness (QED) is 0.894. The zero-order valence-electron chi connectivity index (χ0n) is 7.87. The fourth-order valence-electron chi connectivity index (χ4n) is 1.93. The van der Waals surface area contributed by atoms with Crippen molar-refractivity contribution in [3.8, 4) is 0 Å². The van der Waals surface area contributed by atoms with Crippen LogP contribution in [0.5, 0.6) is 0 Å². The van der Waals surface area contributed by atoms with Crippen molar-refractivity contribution < 1.29 is 14.7 Å². The number of carboxylic acid groups (broad SMARTS) is 1. The molecule has 78 valence electrons. The van der Waals surface area contributed by atoms with E-state index in [0.717, 1.165) is 4.47 Å². The molecule has 0 aromatic heterocycles. The summed E-state index contributed by atoms with van der Waals surface area (Å²) in [6.45, 7) is 0. The van der Waals surface area contributed by atoms with E-state index < -0.39 is 11.4 Å². The molecule has 0 heterocycles. The number of benzene rings is 1. The van der Waals surface area contributed by atoms with E-state index in [4.69, 9.17) is 0 Å². The molecule has 1 aromatic carbocycles. The molecule has 0 atom stereocenters. The molecule has 1 N–H and O–H groups in total. The normalized spacial score (nSPS) is 18.3. The lowest BCUT2D eigenvalue weighted by atomic mass is 9.63. The molecule has 0 radical (unpaired) electrons. The van der Waals surface area contributed by atoms with Crippen molar-refractivity contribution in [1.82, 2.24) is 0 Å². The van der Waals surface area contributed by atoms with Crippen LogP contribution in [0.4, 0.5) is 0 Å². The van der Waals surface area contributed by atoms with Crippen LogP contribution in [0.3, 0.4) is 0 Å². The third-order valence-electron chi connectivity index (χ3n) is 2.80. The molecule has 0 amide bonds. The average Bonchev–Trinajstić information content (AvgIpc) is 2.13. The average molecular weight is 269 g/mol. The number of carboxylic acids is 1. The third-order valence-corrected chi connectivity index (χ3v) is 3.49. The largest absolute Gasteiger partial charge is 0.481 e. The number of carbonyl (C=O) groups is 2. The Morgan fingerprint density at radius 2 is 1.93 bits per heavy atom. The van der Waals surface area contributed by atoms with Crippen LogP contribution in [0.2, 0.25) is 0 Å². The van der Waals surface area contributed by atoms with Crippen LogP contribution in [-0.4, -0.2) is 16.9 Å². The van der Waals surface area contributed by atoms with Crippen LogP contribution in [0.1, 0.15) is 18.4 Å². The van der Waals surface area contributed by atoms with E-state index >= 15 is 0 Å². The molecule has 2 rings (SSSR count). The van der Waals surface area contributed by atoms with Crippen LogP contribution >= 0.6 is 15.9 Å². The van der Waals surface area contributed by atoms with E-state index in [2.05, 4.69) is 15.9 Å². The van der Waals surface area contributed by atoms with Gasteiger partial charge in [-0.25, -0.2) is 0 Å². The molecular formula is C11H9BrO3. The molecule has 0 bridgehead atoms. The zero-order chi connectivity index (χ0) is 11.1. The Bertz CT molecular complexity index is 431. The predicted octanol–water partition coefficient (Wildman–Crippen LogP) is 2.13. The molecule has 1 aliphatic carbocycles. The van der Waals surface area contributed by atoms with Gasteiger partial charge in [-0.2, -0.15) is 0 Å². The SMILES string of the molecule is O=C1CC(C(=O)O)(c2ccccc2Br)C1. The minimum Gasteiger partial charge on any atom is -0.481 e. The van der Waals surface area contributed by atoms with E-state index in [1.165, 1.54) is 0 Å². The standard InChI is InChI=1S/C11H9BrO3/c12-9-4-2-1-3-8(9)11(10(14)15)5-7(13)6-11/h1-4H,5-6H2,(H,14,15). The Morgan fingerprint density at radius 3 is 2.40 bits per heavy atom. The second-order valence-electron chi connectivity index (χ2n) is 3.76. The van der Waals surface area contributed by atoms with Gasteiger partial charge in [-0.3, -0.25) is 9.59 Å². The first-order valence-corrected chi connectivity index (χ1v) is 5.36. The van der Waals surface area contributed by atoms with Gasteiger partial charge in [0.2, 0.25) is 0 Å². The highest BCUT2D eigenvalue weighted by atomic mass is 79.9. The topological polar surface area (TPSA) is 54.4 Å². The first kappa shape index (κ1) is 10.4. The maximum Gasteiger partial charge on any atom is 0.315 e. The Morgan fingerprint density at radius 1 is 1.33 bits per heavy atom. The van der Waals surface area contributed by atoms with Crippen molar-refractivity contribution in [1.29, 1.82) is 0 Å². The van der Waals surface area contributed by atoms with Gasteiger partial charge in [0.25, 0.3) is 0 Å². The smallest absolute Gasteiger partial charge is 0.315 e. The second-order valence-corrected chi connectivity index (χ2v) is 4.61. The van der Waals surface area contributed by atoms with Gasteiger partial charge in [-0.05, 0) is 11.6 Å². The summed E-state index contributed by atoms with van der Waals surface area (Å²) in [4.78, 5) is 22.3. The van der Waals surface area contributed by atoms with Crippen molar-refractivity contribution >= 4 is 27.7 Å². The molecule has 4 heteroatoms. The summed E-state index contributed by atoms with van der Waals surface area (Å²) < 4.78 is 0.750. The van der Waals surface area contributed by atoms with Gasteiger partial charge >= 0.3 is 5.97 Å². The summed E-state index contributed by atoms with van der Waals surface area (Å²) in [5, 5.41) is 9.21. The van der Waals surface area contributed by atoms with Gasteiger partial charge in [0, 0.05) is 17.3 Å². The van der Waals surface area contributed by atoms with Gasteiger partial charge < -0.3 is 5.11 Å². The summed E-state index contributed by atoms with van der Waals surface area (Å²) >= 11 is 3.32. The van der Waals surface area contributed by atoms with Gasteiger partial charge in [0.1, 0.15) is 11.2 Å². The maximum absolute atomic E-state index is 11.2. The lowest BCUT2D eigenvalue weighted by molar-refractivity contribution is -0.153. The van der Waals surface area contributed by atoms with E-state index in [1.54, 1.807) is 18.2 Å². The lowest BCUT2D eigenvalue weighted by Gasteiger charge is -2.37. The summed E-state index contributed by atoms with van der Waals surface area (Å²) in [5.74, 6) is -0.915. The maximum atomic E-state index is 11.2. The van der Waals surface area contributed by atoms with E-state index in [0.29, 0.717) is 5.56 Å². The molecule has 1 aliphatic rings. The summed E-state index contributed by atoms with van der Waals surface area (Å²) in [5.41, 5.74) is -0.311. The van der Waals surface area contributed by atoms with Gasteiger partial charge in [-0.1, -0.05) is 34.1 Å². The van der Waals surface area contributed by atoms with Crippen molar-refractivity contribution in [2.24, 2.45) is 0 Å². The first-order valence-electron chi connectivity index (χ1n) is 4.56. The van der Waals surface area contributed by atoms with Crippen LogP contribution < -0.4 is 0 Å². The molecule has 1 fully saturated rings. The highest BCUT2D eigenvalue weighted by molar-refractivity contribution is 9.10. The number of hydrogen-bond donors (Lipinski definition) is 1. The summed E-state index contributed by atoms with van der Waals surface area (Å²) in [7, 11) is 0. The lowest BCUT2D eigenvalue weighted by Crippen LogP contribution is -2.48. The number of rotatable bonds is 2. The minimum atomic E-state index is -1.00. The van der Waals surface area contributed by atoms with Crippen molar-refractivity contribution in [3.63, 3.8) is 0 Å². The predicted molar refractivity (Wildman–Crippen MR) is 57.7 cm³/mol. The fourth-order valence-corrected chi connectivity index (χ4v) is 2.59. The van der Waals surface area contributed by atoms with Crippen molar-refractivity contribution in [2.75, 3.05) is 0 Å². The van der Waals surface area contributed by atoms with Gasteiger partial charge in [-0.15, -0.1) is 0 Å². The fraction of sp³-hybridized carbons (Fsp3) is 0.273. The monoisotopic (exact) mass is 268 g/mol. The Hall–Kier alpha value is -1.16. The van der Waals surface area contributed by atoms with Crippen molar-refractivity contribution in [2.45, 2.75) is 18.3 Å². The van der Waals surface area contributed by atoms with Crippen LogP contribution in [0.15, 0.2) is 28.7 Å². The molecule has 3 nitrogen and oxygen atoms in total. The van der Waals surface area contributed by atoms with Crippen LogP contribution in [0.25, 0.3) is 0 Å². The van der Waals surface area contributed by atoms with Gasteiger partial charge in [0.05, 0.1) is 0 Å². The van der Waals surface area contributed by atoms with Gasteiger partial charge in [0.15, 0.2) is 0 Å². The molecule has 0 unspecified atom stereocenters. The number of hydrogen-bond acceptors (Lipinski definition) is 2. The molecule has 0 aliphatic heterocycles. The molecule has 15 heavy (non-hydrogen) atoms. The van der Waals surface area contributed by atoms with E-state index in [1.807, 2.05) is 6.07 Å². The summed E-state index contributed by atoms with van der Waals surface area (Å²) in [6.07, 6.45) is 0.204. The molecule has 1 aromatic rings. The van der Waals surface area contributed by atoms with Crippen molar-refractivity contribution in [3.05, 3.63) is 34.3 Å². The van der Waals surface area contributed by atoms with E-state index in [-0.39, 0.29) is 18.6 Å². The second kappa shape index (κ2) is 3.45. The number of aliphatic carboxylic acids is 1. The van der Waals surface area contributed by atoms with E-state index in [9.17, 15) is 14.7 Å². The Balaban J connectivity index is 2.48. The minimum absolute atomic E-state index is 0.00755. The number of Topliss-reactive ketones (excluding diaryl/α,β-unsaturated/α-hetero) is 1. The third kappa shape index (κ3) is 1.49. The number of halogens is 1. The molecule has 0 saturated heterocycles.